The third-order valence-electron chi connectivity index (χ3n) is 2.65. The van der Waals surface area contributed by atoms with Crippen LogP contribution < -0.4 is 4.72 Å². The second kappa shape index (κ2) is 6.50. The van der Waals surface area contributed by atoms with Crippen molar-refractivity contribution in [3.05, 3.63) is 17.5 Å². The summed E-state index contributed by atoms with van der Waals surface area (Å²) in [6.07, 6.45) is -1.84. The number of sulfonamides is 1. The van der Waals surface area contributed by atoms with E-state index in [9.17, 15) is 22.0 Å². The van der Waals surface area contributed by atoms with Crippen molar-refractivity contribution in [3.63, 3.8) is 0 Å². The van der Waals surface area contributed by atoms with E-state index in [0.29, 0.717) is 6.54 Å². The molecule has 120 valence electrons. The SMILES string of the molecule is CC(C)Cn1cc(C(F)F)c(C(=O)NS(=O)(=O)C(C)C)n1. The Hall–Kier alpha value is -1.51. The molecule has 1 aromatic rings. The Bertz CT molecular complexity index is 609. The maximum absolute atomic E-state index is 12.9. The van der Waals surface area contributed by atoms with Gasteiger partial charge in [-0.2, -0.15) is 5.10 Å². The van der Waals surface area contributed by atoms with Crippen molar-refractivity contribution in [2.45, 2.75) is 45.9 Å². The smallest absolute Gasteiger partial charge is 0.271 e. The Morgan fingerprint density at radius 1 is 1.33 bits per heavy atom. The summed E-state index contributed by atoms with van der Waals surface area (Å²) in [5, 5.41) is 2.92. The number of carbonyl (C=O) groups excluding carboxylic acids is 1. The molecule has 6 nitrogen and oxygen atoms in total. The number of halogens is 2. The predicted octanol–water partition coefficient (Wildman–Crippen LogP) is 1.94. The average Bonchev–Trinajstić information content (AvgIpc) is 2.71. The monoisotopic (exact) mass is 323 g/mol. The van der Waals surface area contributed by atoms with Gasteiger partial charge in [-0.05, 0) is 19.8 Å². The molecule has 1 heterocycles. The summed E-state index contributed by atoms with van der Waals surface area (Å²) in [7, 11) is -3.90. The summed E-state index contributed by atoms with van der Waals surface area (Å²) < 4.78 is 52.1. The fourth-order valence-corrected chi connectivity index (χ4v) is 2.13. The fourth-order valence-electron chi connectivity index (χ4n) is 1.54. The van der Waals surface area contributed by atoms with E-state index in [1.54, 1.807) is 4.72 Å². The molecule has 0 spiro atoms. The van der Waals surface area contributed by atoms with E-state index < -0.39 is 38.9 Å². The van der Waals surface area contributed by atoms with Gasteiger partial charge in [0, 0.05) is 12.7 Å². The van der Waals surface area contributed by atoms with Crippen LogP contribution in [0.1, 0.15) is 50.2 Å². The highest BCUT2D eigenvalue weighted by atomic mass is 32.2. The minimum atomic E-state index is -3.90. The summed E-state index contributed by atoms with van der Waals surface area (Å²) >= 11 is 0. The molecule has 0 aromatic carbocycles. The van der Waals surface area contributed by atoms with Crippen molar-refractivity contribution in [1.29, 1.82) is 0 Å². The lowest BCUT2D eigenvalue weighted by Crippen LogP contribution is -2.36. The lowest BCUT2D eigenvalue weighted by Gasteiger charge is -2.09. The number of carbonyl (C=O) groups is 1. The van der Waals surface area contributed by atoms with Crippen molar-refractivity contribution in [2.24, 2.45) is 5.92 Å². The van der Waals surface area contributed by atoms with Crippen LogP contribution in [-0.4, -0.2) is 29.4 Å². The lowest BCUT2D eigenvalue weighted by molar-refractivity contribution is 0.0962. The van der Waals surface area contributed by atoms with Gasteiger partial charge >= 0.3 is 0 Å². The molecule has 1 rings (SSSR count). The Labute approximate surface area is 122 Å². The van der Waals surface area contributed by atoms with Crippen molar-refractivity contribution < 1.29 is 22.0 Å². The van der Waals surface area contributed by atoms with E-state index in [0.717, 1.165) is 6.20 Å². The molecule has 1 N–H and O–H groups in total. The van der Waals surface area contributed by atoms with Gasteiger partial charge in [0.2, 0.25) is 10.0 Å². The van der Waals surface area contributed by atoms with Gasteiger partial charge in [0.25, 0.3) is 12.3 Å². The van der Waals surface area contributed by atoms with Gasteiger partial charge < -0.3 is 0 Å². The van der Waals surface area contributed by atoms with Crippen LogP contribution in [0.15, 0.2) is 6.20 Å². The normalized spacial score (nSPS) is 12.4. The molecule has 9 heteroatoms. The van der Waals surface area contributed by atoms with E-state index in [1.807, 2.05) is 13.8 Å². The zero-order valence-electron chi connectivity index (χ0n) is 12.3. The predicted molar refractivity (Wildman–Crippen MR) is 73.5 cm³/mol. The van der Waals surface area contributed by atoms with Crippen LogP contribution in [0.2, 0.25) is 0 Å². The minimum absolute atomic E-state index is 0.144. The second-order valence-electron chi connectivity index (χ2n) is 5.37. The van der Waals surface area contributed by atoms with Crippen molar-refractivity contribution in [3.8, 4) is 0 Å². The molecule has 0 atom stereocenters. The maximum Gasteiger partial charge on any atom is 0.285 e. The van der Waals surface area contributed by atoms with Crippen LogP contribution in [0.25, 0.3) is 0 Å². The summed E-state index contributed by atoms with van der Waals surface area (Å²) in [5.74, 6) is -0.993. The molecule has 0 aliphatic heterocycles. The van der Waals surface area contributed by atoms with Crippen LogP contribution in [-0.2, 0) is 16.6 Å². The van der Waals surface area contributed by atoms with Crippen LogP contribution in [0.4, 0.5) is 8.78 Å². The number of amides is 1. The third-order valence-corrected chi connectivity index (χ3v) is 4.36. The zero-order valence-corrected chi connectivity index (χ0v) is 13.1. The van der Waals surface area contributed by atoms with Gasteiger partial charge in [-0.3, -0.25) is 9.48 Å². The third kappa shape index (κ3) is 4.48. The molecular weight excluding hydrogens is 304 g/mol. The summed E-state index contributed by atoms with van der Waals surface area (Å²) in [6.45, 7) is 6.84. The first-order valence-electron chi connectivity index (χ1n) is 6.46. The van der Waals surface area contributed by atoms with Gasteiger partial charge in [0.05, 0.1) is 10.8 Å². The van der Waals surface area contributed by atoms with E-state index in [4.69, 9.17) is 0 Å². The topological polar surface area (TPSA) is 81.1 Å². The number of rotatable bonds is 6. The fraction of sp³-hybridized carbons (Fsp3) is 0.667. The minimum Gasteiger partial charge on any atom is -0.271 e. The van der Waals surface area contributed by atoms with Gasteiger partial charge in [-0.25, -0.2) is 21.9 Å². The van der Waals surface area contributed by atoms with E-state index >= 15 is 0 Å². The second-order valence-corrected chi connectivity index (χ2v) is 7.61. The van der Waals surface area contributed by atoms with Crippen LogP contribution in [0.3, 0.4) is 0 Å². The number of aromatic nitrogens is 2. The number of alkyl halides is 2. The molecule has 0 bridgehead atoms. The average molecular weight is 323 g/mol. The van der Waals surface area contributed by atoms with Gasteiger partial charge in [-0.15, -0.1) is 0 Å². The maximum atomic E-state index is 12.9. The van der Waals surface area contributed by atoms with Gasteiger partial charge in [0.1, 0.15) is 0 Å². The quantitative estimate of drug-likeness (QED) is 0.867. The van der Waals surface area contributed by atoms with Gasteiger partial charge in [0.15, 0.2) is 5.69 Å². The Kier molecular flexibility index (Phi) is 5.43. The molecule has 0 fully saturated rings. The van der Waals surface area contributed by atoms with E-state index in [1.165, 1.54) is 18.5 Å². The molecule has 1 amide bonds. The Morgan fingerprint density at radius 3 is 2.33 bits per heavy atom. The number of hydrogen-bond acceptors (Lipinski definition) is 4. The summed E-state index contributed by atoms with van der Waals surface area (Å²) in [4.78, 5) is 11.9. The van der Waals surface area contributed by atoms with E-state index in [-0.39, 0.29) is 5.92 Å². The first kappa shape index (κ1) is 17.5. The molecule has 0 saturated carbocycles. The molecular formula is C12H19F2N3O3S. The van der Waals surface area contributed by atoms with Gasteiger partial charge in [-0.1, -0.05) is 13.8 Å². The van der Waals surface area contributed by atoms with Crippen molar-refractivity contribution >= 4 is 15.9 Å². The Morgan fingerprint density at radius 2 is 1.90 bits per heavy atom. The first-order valence-corrected chi connectivity index (χ1v) is 8.00. The van der Waals surface area contributed by atoms with Crippen LogP contribution in [0.5, 0.6) is 0 Å². The number of hydrogen-bond donors (Lipinski definition) is 1. The highest BCUT2D eigenvalue weighted by Gasteiger charge is 2.27. The molecule has 21 heavy (non-hydrogen) atoms. The molecule has 0 unspecified atom stereocenters. The zero-order chi connectivity index (χ0) is 16.4. The Balaban J connectivity index is 3.11. The van der Waals surface area contributed by atoms with Crippen LogP contribution >= 0.6 is 0 Å². The molecule has 0 aliphatic rings. The van der Waals surface area contributed by atoms with Crippen LogP contribution in [0, 0.1) is 5.92 Å². The van der Waals surface area contributed by atoms with Crippen molar-refractivity contribution in [1.82, 2.24) is 14.5 Å². The number of nitrogens with zero attached hydrogens (tertiary/aromatic N) is 2. The van der Waals surface area contributed by atoms with Crippen molar-refractivity contribution in [2.75, 3.05) is 0 Å². The molecule has 1 aromatic heterocycles. The summed E-state index contributed by atoms with van der Waals surface area (Å²) in [5.41, 5.74) is -1.14. The molecule has 0 aliphatic carbocycles. The highest BCUT2D eigenvalue weighted by Crippen LogP contribution is 2.22. The highest BCUT2D eigenvalue weighted by molar-refractivity contribution is 7.90. The first-order chi connectivity index (χ1) is 9.54. The molecule has 0 saturated heterocycles. The standard InChI is InChI=1S/C12H19F2N3O3S/c1-7(2)5-17-6-9(11(13)14)10(15-17)12(18)16-21(19,20)8(3)4/h6-8,11H,5H2,1-4H3,(H,16,18). The molecule has 0 radical (unpaired) electrons. The summed E-state index contributed by atoms with van der Waals surface area (Å²) in [6, 6.07) is 0. The van der Waals surface area contributed by atoms with E-state index in [2.05, 4.69) is 5.10 Å². The number of nitrogens with one attached hydrogen (secondary N) is 1. The lowest BCUT2D eigenvalue weighted by atomic mass is 10.2. The largest absolute Gasteiger partial charge is 0.285 e.